The maximum absolute atomic E-state index is 12.2. The van der Waals surface area contributed by atoms with Crippen LogP contribution in [0.25, 0.3) is 0 Å². The van der Waals surface area contributed by atoms with Gasteiger partial charge in [0.15, 0.2) is 0 Å². The zero-order chi connectivity index (χ0) is 16.9. The molecular formula is C16H16ClNO4S. The van der Waals surface area contributed by atoms with Crippen LogP contribution in [-0.2, 0) is 20.5 Å². The smallest absolute Gasteiger partial charge is 0.338 e. The van der Waals surface area contributed by atoms with Gasteiger partial charge in [-0.25, -0.2) is 13.2 Å². The maximum Gasteiger partial charge on any atom is 0.338 e. The summed E-state index contributed by atoms with van der Waals surface area (Å²) in [6.45, 7) is 1.96. The molecule has 0 aliphatic heterocycles. The minimum Gasteiger partial charge on any atom is -0.462 e. The van der Waals surface area contributed by atoms with Gasteiger partial charge in [0.2, 0.25) is 10.0 Å². The first kappa shape index (κ1) is 17.3. The summed E-state index contributed by atoms with van der Waals surface area (Å²) in [6.07, 6.45) is 0. The van der Waals surface area contributed by atoms with E-state index in [0.29, 0.717) is 21.8 Å². The van der Waals surface area contributed by atoms with Crippen LogP contribution in [0, 0.1) is 0 Å². The van der Waals surface area contributed by atoms with Crippen LogP contribution < -0.4 is 4.72 Å². The van der Waals surface area contributed by atoms with Crippen LogP contribution in [0.4, 0.5) is 5.69 Å². The predicted octanol–water partition coefficient (Wildman–Crippen LogP) is 3.46. The maximum atomic E-state index is 12.2. The molecule has 0 heterocycles. The van der Waals surface area contributed by atoms with E-state index in [0.717, 1.165) is 0 Å². The van der Waals surface area contributed by atoms with Crippen LogP contribution in [0.3, 0.4) is 0 Å². The lowest BCUT2D eigenvalue weighted by molar-refractivity contribution is 0.0526. The summed E-state index contributed by atoms with van der Waals surface area (Å²) >= 11 is 5.78. The van der Waals surface area contributed by atoms with E-state index >= 15 is 0 Å². The fourth-order valence-corrected chi connectivity index (χ4v) is 3.26. The van der Waals surface area contributed by atoms with Crippen molar-refractivity contribution in [3.63, 3.8) is 0 Å². The minimum absolute atomic E-state index is 0.187. The Hall–Kier alpha value is -2.05. The van der Waals surface area contributed by atoms with Gasteiger partial charge in [0, 0.05) is 10.7 Å². The van der Waals surface area contributed by atoms with Gasteiger partial charge in [-0.15, -0.1) is 0 Å². The molecule has 0 amide bonds. The average molecular weight is 354 g/mol. The summed E-state index contributed by atoms with van der Waals surface area (Å²) in [5.74, 6) is -0.681. The van der Waals surface area contributed by atoms with Crippen LogP contribution in [-0.4, -0.2) is 21.0 Å². The molecule has 0 aliphatic rings. The van der Waals surface area contributed by atoms with Crippen molar-refractivity contribution in [3.05, 3.63) is 64.7 Å². The first-order chi connectivity index (χ1) is 10.9. The second kappa shape index (κ2) is 7.48. The first-order valence-electron chi connectivity index (χ1n) is 6.92. The summed E-state index contributed by atoms with van der Waals surface area (Å²) < 4.78 is 31.7. The molecule has 0 saturated carbocycles. The highest BCUT2D eigenvalue weighted by Crippen LogP contribution is 2.17. The number of sulfonamides is 1. The second-order valence-corrected chi connectivity index (χ2v) is 6.95. The Balaban J connectivity index is 2.12. The Labute approximate surface area is 140 Å². The topological polar surface area (TPSA) is 72.5 Å². The highest BCUT2D eigenvalue weighted by Gasteiger charge is 2.13. The molecule has 0 aliphatic carbocycles. The molecule has 0 bridgehead atoms. The summed E-state index contributed by atoms with van der Waals surface area (Å²) in [5.41, 5.74) is 1.21. The molecular weight excluding hydrogens is 338 g/mol. The molecule has 0 saturated heterocycles. The van der Waals surface area contributed by atoms with E-state index in [-0.39, 0.29) is 12.4 Å². The summed E-state index contributed by atoms with van der Waals surface area (Å²) in [4.78, 5) is 11.7. The van der Waals surface area contributed by atoms with Crippen molar-refractivity contribution in [1.82, 2.24) is 0 Å². The molecule has 0 fully saturated rings. The van der Waals surface area contributed by atoms with Crippen molar-refractivity contribution in [1.29, 1.82) is 0 Å². The number of nitrogens with one attached hydrogen (secondary N) is 1. The van der Waals surface area contributed by atoms with Crippen molar-refractivity contribution >= 4 is 33.3 Å². The molecule has 7 heteroatoms. The number of hydrogen-bond donors (Lipinski definition) is 1. The Morgan fingerprint density at radius 2 is 1.87 bits per heavy atom. The number of benzene rings is 2. The molecule has 2 rings (SSSR count). The molecule has 23 heavy (non-hydrogen) atoms. The van der Waals surface area contributed by atoms with Crippen LogP contribution >= 0.6 is 11.6 Å². The van der Waals surface area contributed by atoms with Gasteiger partial charge >= 0.3 is 5.97 Å². The third-order valence-electron chi connectivity index (χ3n) is 2.92. The summed E-state index contributed by atoms with van der Waals surface area (Å²) in [7, 11) is -3.60. The summed E-state index contributed by atoms with van der Waals surface area (Å²) in [6, 6.07) is 12.7. The Morgan fingerprint density at radius 1 is 1.17 bits per heavy atom. The highest BCUT2D eigenvalue weighted by molar-refractivity contribution is 7.91. The molecule has 2 aromatic rings. The number of hydrogen-bond acceptors (Lipinski definition) is 4. The fraction of sp³-hybridized carbons (Fsp3) is 0.188. The molecule has 0 radical (unpaired) electrons. The van der Waals surface area contributed by atoms with Gasteiger partial charge in [-0.1, -0.05) is 29.8 Å². The molecule has 0 atom stereocenters. The third kappa shape index (κ3) is 5.26. The molecule has 5 nitrogen and oxygen atoms in total. The van der Waals surface area contributed by atoms with Gasteiger partial charge in [-0.05, 0) is 42.8 Å². The normalized spacial score (nSPS) is 11.0. The lowest BCUT2D eigenvalue weighted by Gasteiger charge is -2.09. The molecule has 0 unspecified atom stereocenters. The lowest BCUT2D eigenvalue weighted by Crippen LogP contribution is -2.15. The van der Waals surface area contributed by atoms with Crippen LogP contribution in [0.1, 0.15) is 22.8 Å². The van der Waals surface area contributed by atoms with Crippen molar-refractivity contribution in [3.8, 4) is 0 Å². The number of carbonyl (C=O) groups is 1. The average Bonchev–Trinajstić information content (AvgIpc) is 2.49. The number of carbonyl (C=O) groups excluding carboxylic acids is 1. The van der Waals surface area contributed by atoms with E-state index in [9.17, 15) is 13.2 Å². The van der Waals surface area contributed by atoms with Gasteiger partial charge in [0.05, 0.1) is 17.9 Å². The standard InChI is InChI=1S/C16H16ClNO4S/c1-2-22-16(19)13-4-3-5-15(10-13)18-23(20,21)11-12-6-8-14(17)9-7-12/h3-10,18H,2,11H2,1H3. The van der Waals surface area contributed by atoms with Crippen molar-refractivity contribution in [2.45, 2.75) is 12.7 Å². The van der Waals surface area contributed by atoms with Gasteiger partial charge in [-0.3, -0.25) is 4.72 Å². The van der Waals surface area contributed by atoms with Gasteiger partial charge in [-0.2, -0.15) is 0 Å². The van der Waals surface area contributed by atoms with E-state index in [1.807, 2.05) is 0 Å². The van der Waals surface area contributed by atoms with Gasteiger partial charge in [0.1, 0.15) is 0 Å². The monoisotopic (exact) mass is 353 g/mol. The van der Waals surface area contributed by atoms with Crippen molar-refractivity contribution in [2.24, 2.45) is 0 Å². The van der Waals surface area contributed by atoms with Gasteiger partial charge in [0.25, 0.3) is 0 Å². The largest absolute Gasteiger partial charge is 0.462 e. The molecule has 0 spiro atoms. The second-order valence-electron chi connectivity index (χ2n) is 4.79. The van der Waals surface area contributed by atoms with Gasteiger partial charge < -0.3 is 4.74 Å². The number of anilines is 1. The fourth-order valence-electron chi connectivity index (χ4n) is 1.94. The number of esters is 1. The minimum atomic E-state index is -3.60. The highest BCUT2D eigenvalue weighted by atomic mass is 35.5. The quantitative estimate of drug-likeness (QED) is 0.807. The first-order valence-corrected chi connectivity index (χ1v) is 8.95. The Morgan fingerprint density at radius 3 is 2.52 bits per heavy atom. The molecule has 122 valence electrons. The van der Waals surface area contributed by atoms with E-state index in [1.54, 1.807) is 49.4 Å². The number of rotatable bonds is 6. The molecule has 2 aromatic carbocycles. The molecule has 1 N–H and O–H groups in total. The van der Waals surface area contributed by atoms with E-state index in [1.165, 1.54) is 6.07 Å². The zero-order valence-corrected chi connectivity index (χ0v) is 14.0. The van der Waals surface area contributed by atoms with Crippen LogP contribution in [0.15, 0.2) is 48.5 Å². The van der Waals surface area contributed by atoms with Crippen LogP contribution in [0.5, 0.6) is 0 Å². The Kier molecular flexibility index (Phi) is 5.63. The Bertz CT molecular complexity index is 788. The van der Waals surface area contributed by atoms with E-state index < -0.39 is 16.0 Å². The SMILES string of the molecule is CCOC(=O)c1cccc(NS(=O)(=O)Cc2ccc(Cl)cc2)c1. The van der Waals surface area contributed by atoms with Crippen molar-refractivity contribution in [2.75, 3.05) is 11.3 Å². The van der Waals surface area contributed by atoms with Crippen molar-refractivity contribution < 1.29 is 17.9 Å². The predicted molar refractivity (Wildman–Crippen MR) is 90.1 cm³/mol. The number of ether oxygens (including phenoxy) is 1. The number of halogens is 1. The van der Waals surface area contributed by atoms with Crippen LogP contribution in [0.2, 0.25) is 5.02 Å². The lowest BCUT2D eigenvalue weighted by atomic mass is 10.2. The molecule has 0 aromatic heterocycles. The van der Waals surface area contributed by atoms with E-state index in [2.05, 4.69) is 4.72 Å². The third-order valence-corrected chi connectivity index (χ3v) is 4.43. The van der Waals surface area contributed by atoms with E-state index in [4.69, 9.17) is 16.3 Å². The summed E-state index contributed by atoms with van der Waals surface area (Å²) in [5, 5.41) is 0.543. The zero-order valence-electron chi connectivity index (χ0n) is 12.5.